The molecule has 0 aliphatic heterocycles. The first-order valence-corrected chi connectivity index (χ1v) is 8.74. The molecular formula is C21H21Cl2MnN5O6. The van der Waals surface area contributed by atoms with Crippen LogP contribution in [-0.4, -0.2) is 42.7 Å². The predicted molar refractivity (Wildman–Crippen MR) is 117 cm³/mol. The summed E-state index contributed by atoms with van der Waals surface area (Å²) in [7, 11) is 3.00. The molecular weight excluding hydrogens is 544 g/mol. The first kappa shape index (κ1) is 36.3. The fourth-order valence-corrected chi connectivity index (χ4v) is 2.45. The van der Waals surface area contributed by atoms with Gasteiger partial charge in [0.15, 0.2) is 11.6 Å². The topological polar surface area (TPSA) is 178 Å². The minimum absolute atomic E-state index is 0. The maximum atomic E-state index is 11.0. The van der Waals surface area contributed by atoms with E-state index in [4.69, 9.17) is 9.47 Å². The number of azo groups is 2. The standard InChI is InChI=1S/C21H17N5O4.2ClH.Mn.2H2O/c1-29-18-8-6-14(12-27)10-16(18)23-25-20-4-3-5-21(22-20)26-24-17-11-15(13-28)7-9-19(17)30-2;;;;;/h3-13H,1-2H3;2*1H;;2*1H2/q;;;+2;;/p-2. The van der Waals surface area contributed by atoms with Crippen LogP contribution in [-0.2, 0) is 17.1 Å². The summed E-state index contributed by atoms with van der Waals surface area (Å²) in [5, 5.41) is 16.4. The van der Waals surface area contributed by atoms with E-state index in [1.54, 1.807) is 54.6 Å². The molecule has 14 heteroatoms. The number of rotatable bonds is 8. The number of ether oxygens (including phenoxy) is 2. The minimum atomic E-state index is 0. The molecule has 11 nitrogen and oxygen atoms in total. The van der Waals surface area contributed by atoms with Crippen molar-refractivity contribution in [1.29, 1.82) is 0 Å². The molecule has 1 aromatic heterocycles. The number of benzene rings is 2. The molecule has 4 N–H and O–H groups in total. The summed E-state index contributed by atoms with van der Waals surface area (Å²) in [5.41, 5.74) is 1.69. The number of halogens is 2. The van der Waals surface area contributed by atoms with E-state index >= 15 is 0 Å². The summed E-state index contributed by atoms with van der Waals surface area (Å²) in [6, 6.07) is 14.6. The molecule has 0 aliphatic rings. The van der Waals surface area contributed by atoms with Crippen molar-refractivity contribution in [2.45, 2.75) is 0 Å². The quantitative estimate of drug-likeness (QED) is 0.172. The van der Waals surface area contributed by atoms with Gasteiger partial charge in [-0.1, -0.05) is 6.07 Å². The van der Waals surface area contributed by atoms with E-state index in [1.807, 2.05) is 0 Å². The van der Waals surface area contributed by atoms with E-state index < -0.39 is 0 Å². The van der Waals surface area contributed by atoms with E-state index in [9.17, 15) is 9.59 Å². The van der Waals surface area contributed by atoms with Gasteiger partial charge in [0.1, 0.15) is 35.4 Å². The Kier molecular flexibility index (Phi) is 18.8. The summed E-state index contributed by atoms with van der Waals surface area (Å²) in [5.74, 6) is 1.53. The van der Waals surface area contributed by atoms with Crippen LogP contribution in [0.4, 0.5) is 23.0 Å². The second-order valence-corrected chi connectivity index (χ2v) is 5.85. The van der Waals surface area contributed by atoms with Crippen molar-refractivity contribution < 1.29 is 71.9 Å². The second-order valence-electron chi connectivity index (χ2n) is 5.85. The Morgan fingerprint density at radius 1 is 0.686 bits per heavy atom. The average Bonchev–Trinajstić information content (AvgIpc) is 2.81. The van der Waals surface area contributed by atoms with Crippen molar-refractivity contribution in [3.05, 3.63) is 65.7 Å². The molecule has 0 aliphatic carbocycles. The minimum Gasteiger partial charge on any atom is -1.00 e. The predicted octanol–water partition coefficient (Wildman–Crippen LogP) is -2.09. The van der Waals surface area contributed by atoms with Crippen molar-refractivity contribution in [1.82, 2.24) is 4.98 Å². The van der Waals surface area contributed by atoms with Gasteiger partial charge in [0, 0.05) is 11.1 Å². The Bertz CT molecular complexity index is 1070. The average molecular weight is 565 g/mol. The molecule has 0 saturated carbocycles. The number of aromatic nitrogens is 1. The SMILES string of the molecule is COc1ccc(C=O)cc1N=Nc1cccc(N=Nc2cc(C=O)ccc2OC)n1.O.O.[Cl-].[Cl-].[Mn+2]. The van der Waals surface area contributed by atoms with Crippen LogP contribution in [0.3, 0.4) is 0 Å². The van der Waals surface area contributed by atoms with Gasteiger partial charge in [-0.3, -0.25) is 9.59 Å². The third kappa shape index (κ3) is 9.87. The Morgan fingerprint density at radius 2 is 1.09 bits per heavy atom. The maximum Gasteiger partial charge on any atom is 2.00 e. The Balaban J connectivity index is -0.00000205. The third-order valence-corrected chi connectivity index (χ3v) is 3.92. The molecule has 1 radical (unpaired) electrons. The molecule has 187 valence electrons. The molecule has 0 spiro atoms. The summed E-state index contributed by atoms with van der Waals surface area (Å²) < 4.78 is 10.4. The zero-order chi connectivity index (χ0) is 21.3. The molecule has 3 aromatic rings. The van der Waals surface area contributed by atoms with Crippen molar-refractivity contribution in [3.63, 3.8) is 0 Å². The number of methoxy groups -OCH3 is 2. The largest absolute Gasteiger partial charge is 2.00 e. The number of hydrogen-bond acceptors (Lipinski definition) is 9. The summed E-state index contributed by atoms with van der Waals surface area (Å²) in [6.45, 7) is 0. The Hall–Kier alpha value is -3.25. The van der Waals surface area contributed by atoms with E-state index in [0.29, 0.717) is 58.2 Å². The first-order valence-electron chi connectivity index (χ1n) is 8.74. The number of nitrogens with zero attached hydrogens (tertiary/aromatic N) is 5. The van der Waals surface area contributed by atoms with Crippen LogP contribution < -0.4 is 34.3 Å². The second kappa shape index (κ2) is 18.1. The number of pyridine rings is 1. The fourth-order valence-electron chi connectivity index (χ4n) is 2.45. The van der Waals surface area contributed by atoms with Gasteiger partial charge in [-0.25, -0.2) is 4.98 Å². The zero-order valence-corrected chi connectivity index (χ0v) is 21.0. The molecule has 3 rings (SSSR count). The Morgan fingerprint density at radius 3 is 1.43 bits per heavy atom. The van der Waals surface area contributed by atoms with E-state index in [-0.39, 0.29) is 52.8 Å². The molecule has 0 amide bonds. The van der Waals surface area contributed by atoms with Crippen molar-refractivity contribution >= 4 is 35.6 Å². The van der Waals surface area contributed by atoms with Crippen LogP contribution in [0.5, 0.6) is 11.5 Å². The fraction of sp³-hybridized carbons (Fsp3) is 0.0952. The summed E-state index contributed by atoms with van der Waals surface area (Å²) in [4.78, 5) is 26.2. The summed E-state index contributed by atoms with van der Waals surface area (Å²) in [6.07, 6.45) is 1.43. The van der Waals surface area contributed by atoms with Crippen LogP contribution in [0.15, 0.2) is 75.1 Å². The third-order valence-electron chi connectivity index (χ3n) is 3.92. The van der Waals surface area contributed by atoms with Crippen LogP contribution in [0.25, 0.3) is 0 Å². The van der Waals surface area contributed by atoms with Gasteiger partial charge in [0.2, 0.25) is 0 Å². The molecule has 0 saturated heterocycles. The number of carbonyl (C=O) groups excluding carboxylic acids is 2. The molecule has 35 heavy (non-hydrogen) atoms. The molecule has 0 bridgehead atoms. The van der Waals surface area contributed by atoms with Gasteiger partial charge >= 0.3 is 17.1 Å². The van der Waals surface area contributed by atoms with Gasteiger partial charge in [-0.05, 0) is 48.5 Å². The molecule has 1 heterocycles. The number of carbonyl (C=O) groups is 2. The van der Waals surface area contributed by atoms with Crippen LogP contribution >= 0.6 is 0 Å². The van der Waals surface area contributed by atoms with Gasteiger partial charge < -0.3 is 45.2 Å². The summed E-state index contributed by atoms with van der Waals surface area (Å²) >= 11 is 0. The van der Waals surface area contributed by atoms with Gasteiger partial charge in [-0.15, -0.1) is 20.5 Å². The van der Waals surface area contributed by atoms with E-state index in [0.717, 1.165) is 0 Å². The van der Waals surface area contributed by atoms with Gasteiger partial charge in [0.05, 0.1) is 14.2 Å². The monoisotopic (exact) mass is 564 g/mol. The normalized spacial score (nSPS) is 9.43. The maximum absolute atomic E-state index is 11.0. The molecule has 2 aromatic carbocycles. The van der Waals surface area contributed by atoms with Crippen LogP contribution in [0.2, 0.25) is 0 Å². The number of aldehydes is 2. The van der Waals surface area contributed by atoms with Gasteiger partial charge in [-0.2, -0.15) is 0 Å². The molecule has 0 fully saturated rings. The number of hydrogen-bond donors (Lipinski definition) is 0. The molecule has 0 unspecified atom stereocenters. The Labute approximate surface area is 224 Å². The van der Waals surface area contributed by atoms with Crippen molar-refractivity contribution in [2.24, 2.45) is 20.5 Å². The van der Waals surface area contributed by atoms with Crippen LogP contribution in [0, 0.1) is 0 Å². The van der Waals surface area contributed by atoms with E-state index in [2.05, 4.69) is 25.4 Å². The smallest absolute Gasteiger partial charge is 1.00 e. The first-order chi connectivity index (χ1) is 14.7. The zero-order valence-electron chi connectivity index (χ0n) is 18.4. The molecule has 0 atom stereocenters. The van der Waals surface area contributed by atoms with Gasteiger partial charge in [0.25, 0.3) is 0 Å². The van der Waals surface area contributed by atoms with Crippen molar-refractivity contribution in [3.8, 4) is 11.5 Å². The van der Waals surface area contributed by atoms with Crippen molar-refractivity contribution in [2.75, 3.05) is 14.2 Å². The van der Waals surface area contributed by atoms with Crippen LogP contribution in [0.1, 0.15) is 20.7 Å². The van der Waals surface area contributed by atoms with E-state index in [1.165, 1.54) is 14.2 Å².